The highest BCUT2D eigenvalue weighted by atomic mass is 19.1. The lowest BCUT2D eigenvalue weighted by Gasteiger charge is -2.36. The zero-order valence-corrected chi connectivity index (χ0v) is 19.5. The highest BCUT2D eigenvalue weighted by molar-refractivity contribution is 5.86. The highest BCUT2D eigenvalue weighted by Crippen LogP contribution is 2.32. The number of anilines is 1. The lowest BCUT2D eigenvalue weighted by Crippen LogP contribution is -2.47. The Bertz CT molecular complexity index is 1490. The van der Waals surface area contributed by atoms with E-state index in [1.165, 1.54) is 31.6 Å². The molecule has 2 fully saturated rings. The molecule has 3 heterocycles. The van der Waals surface area contributed by atoms with Gasteiger partial charge in [-0.25, -0.2) is 9.37 Å². The number of halogens is 3. The number of nitrogens with one attached hydrogen (secondary N) is 1. The van der Waals surface area contributed by atoms with Gasteiger partial charge in [-0.2, -0.15) is 13.8 Å². The fourth-order valence-corrected chi connectivity index (χ4v) is 4.83. The van der Waals surface area contributed by atoms with Gasteiger partial charge in [-0.15, -0.1) is 0 Å². The van der Waals surface area contributed by atoms with Crippen molar-refractivity contribution in [1.29, 1.82) is 0 Å². The van der Waals surface area contributed by atoms with E-state index in [1.54, 1.807) is 18.2 Å². The van der Waals surface area contributed by atoms with Gasteiger partial charge in [0.25, 0.3) is 5.56 Å². The molecule has 1 aliphatic heterocycles. The van der Waals surface area contributed by atoms with Gasteiger partial charge in [0.1, 0.15) is 17.2 Å². The minimum absolute atomic E-state index is 0.124. The molecule has 0 spiro atoms. The average Bonchev–Trinajstić information content (AvgIpc) is 3.69. The van der Waals surface area contributed by atoms with Crippen molar-refractivity contribution in [3.63, 3.8) is 0 Å². The fourth-order valence-electron chi connectivity index (χ4n) is 4.83. The van der Waals surface area contributed by atoms with Crippen molar-refractivity contribution in [3.05, 3.63) is 76.7 Å². The van der Waals surface area contributed by atoms with Crippen LogP contribution in [-0.2, 0) is 0 Å². The number of aromatic amines is 1. The first kappa shape index (κ1) is 22.7. The van der Waals surface area contributed by atoms with Crippen molar-refractivity contribution < 1.29 is 13.2 Å². The first-order valence-corrected chi connectivity index (χ1v) is 12.1. The number of hydrogen-bond acceptors (Lipinski definition) is 5. The van der Waals surface area contributed by atoms with Gasteiger partial charge >= 0.3 is 0 Å². The Labute approximate surface area is 205 Å². The summed E-state index contributed by atoms with van der Waals surface area (Å²) in [4.78, 5) is 26.7. The molecule has 0 unspecified atom stereocenters. The van der Waals surface area contributed by atoms with Crippen LogP contribution in [-0.4, -0.2) is 52.6 Å². The molecule has 1 aliphatic carbocycles. The molecule has 2 aliphatic rings. The van der Waals surface area contributed by atoms with Crippen LogP contribution >= 0.6 is 0 Å². The lowest BCUT2D eigenvalue weighted by molar-refractivity contribution is 0.248. The van der Waals surface area contributed by atoms with Gasteiger partial charge in [-0.3, -0.25) is 9.69 Å². The van der Waals surface area contributed by atoms with Gasteiger partial charge in [0.15, 0.2) is 0 Å². The molecule has 36 heavy (non-hydrogen) atoms. The SMILES string of the molecule is O=c1[nH]ccc2cc(-c3nc(-c4ccc(N5CCN(CC6CC6)CC5)cc4)c(F)nc3F)c(F)cc12. The second-order valence-electron chi connectivity index (χ2n) is 9.51. The average molecular weight is 492 g/mol. The molecule has 6 rings (SSSR count). The van der Waals surface area contributed by atoms with Gasteiger partial charge in [-0.1, -0.05) is 12.1 Å². The molecule has 0 radical (unpaired) electrons. The number of rotatable bonds is 5. The normalized spacial score (nSPS) is 16.6. The maximum Gasteiger partial charge on any atom is 0.255 e. The molecule has 9 heteroatoms. The van der Waals surface area contributed by atoms with Crippen LogP contribution in [0.3, 0.4) is 0 Å². The summed E-state index contributed by atoms with van der Waals surface area (Å²) in [5.74, 6) is -2.27. The number of nitrogens with zero attached hydrogens (tertiary/aromatic N) is 4. The summed E-state index contributed by atoms with van der Waals surface area (Å²) in [6.07, 6.45) is 4.11. The van der Waals surface area contributed by atoms with E-state index in [0.717, 1.165) is 43.9 Å². The largest absolute Gasteiger partial charge is 0.369 e. The van der Waals surface area contributed by atoms with Gasteiger partial charge in [0.2, 0.25) is 11.9 Å². The summed E-state index contributed by atoms with van der Waals surface area (Å²) in [6.45, 7) is 5.06. The third kappa shape index (κ3) is 4.35. The van der Waals surface area contributed by atoms with E-state index in [1.807, 2.05) is 12.1 Å². The maximum atomic E-state index is 14.9. The number of pyridine rings is 1. The Balaban J connectivity index is 1.28. The van der Waals surface area contributed by atoms with Crippen LogP contribution in [0.15, 0.2) is 53.5 Å². The highest BCUT2D eigenvalue weighted by Gasteiger charge is 2.26. The Morgan fingerprint density at radius 1 is 0.889 bits per heavy atom. The molecule has 0 bridgehead atoms. The van der Waals surface area contributed by atoms with Crippen molar-refractivity contribution >= 4 is 16.5 Å². The molecule has 2 aromatic carbocycles. The number of piperazine rings is 1. The third-order valence-electron chi connectivity index (χ3n) is 7.02. The molecule has 6 nitrogen and oxygen atoms in total. The van der Waals surface area contributed by atoms with Gasteiger partial charge in [0.05, 0.1) is 0 Å². The molecule has 0 atom stereocenters. The number of hydrogen-bond donors (Lipinski definition) is 1. The first-order valence-electron chi connectivity index (χ1n) is 12.1. The Kier molecular flexibility index (Phi) is 5.72. The van der Waals surface area contributed by atoms with E-state index < -0.39 is 29.0 Å². The van der Waals surface area contributed by atoms with Crippen LogP contribution < -0.4 is 10.5 Å². The van der Waals surface area contributed by atoms with Crippen molar-refractivity contribution in [3.8, 4) is 22.5 Å². The standard InChI is InChI=1S/C27H24F3N5O/c28-22-14-20-18(7-8-31-27(20)36)13-21(22)24-26(30)33-25(29)23(32-24)17-3-5-19(6-4-17)35-11-9-34(10-12-35)15-16-1-2-16/h3-8,13-14,16H,1-2,9-12,15H2,(H,31,36). The van der Waals surface area contributed by atoms with Crippen molar-refractivity contribution in [2.75, 3.05) is 37.6 Å². The Hall–Kier alpha value is -3.72. The predicted octanol–water partition coefficient (Wildman–Crippen LogP) is 4.60. The molecule has 1 saturated carbocycles. The second-order valence-corrected chi connectivity index (χ2v) is 9.51. The molecular formula is C27H24F3N5O. The number of benzene rings is 2. The predicted molar refractivity (Wildman–Crippen MR) is 132 cm³/mol. The quantitative estimate of drug-likeness (QED) is 0.442. The van der Waals surface area contributed by atoms with Crippen molar-refractivity contribution in [1.82, 2.24) is 19.9 Å². The molecule has 2 aromatic heterocycles. The van der Waals surface area contributed by atoms with Crippen LogP contribution in [0.5, 0.6) is 0 Å². The Morgan fingerprint density at radius 2 is 1.61 bits per heavy atom. The smallest absolute Gasteiger partial charge is 0.255 e. The molecule has 184 valence electrons. The third-order valence-corrected chi connectivity index (χ3v) is 7.02. The minimum Gasteiger partial charge on any atom is -0.369 e. The molecule has 1 saturated heterocycles. The maximum absolute atomic E-state index is 14.9. The summed E-state index contributed by atoms with van der Waals surface area (Å²) in [6, 6.07) is 11.1. The fraction of sp³-hybridized carbons (Fsp3) is 0.296. The van der Waals surface area contributed by atoms with E-state index in [2.05, 4.69) is 24.8 Å². The zero-order chi connectivity index (χ0) is 24.8. The van der Waals surface area contributed by atoms with Gasteiger partial charge in [-0.05, 0) is 54.5 Å². The number of aromatic nitrogens is 3. The molecule has 4 aromatic rings. The monoisotopic (exact) mass is 491 g/mol. The summed E-state index contributed by atoms with van der Waals surface area (Å²) in [7, 11) is 0. The van der Waals surface area contributed by atoms with Crippen LogP contribution in [0.25, 0.3) is 33.3 Å². The molecule has 0 amide bonds. The van der Waals surface area contributed by atoms with E-state index in [0.29, 0.717) is 10.9 Å². The van der Waals surface area contributed by atoms with Crippen LogP contribution in [0.4, 0.5) is 18.9 Å². The van der Waals surface area contributed by atoms with E-state index in [4.69, 9.17) is 0 Å². The van der Waals surface area contributed by atoms with Crippen LogP contribution in [0.1, 0.15) is 12.8 Å². The van der Waals surface area contributed by atoms with Crippen molar-refractivity contribution in [2.45, 2.75) is 12.8 Å². The van der Waals surface area contributed by atoms with Crippen LogP contribution in [0, 0.1) is 23.6 Å². The second kappa shape index (κ2) is 9.05. The zero-order valence-electron chi connectivity index (χ0n) is 19.5. The first-order chi connectivity index (χ1) is 17.5. The van der Waals surface area contributed by atoms with Crippen LogP contribution in [0.2, 0.25) is 0 Å². The topological polar surface area (TPSA) is 65.1 Å². The van der Waals surface area contributed by atoms with Crippen molar-refractivity contribution in [2.24, 2.45) is 5.92 Å². The molecule has 1 N–H and O–H groups in total. The summed E-state index contributed by atoms with van der Waals surface area (Å²) >= 11 is 0. The summed E-state index contributed by atoms with van der Waals surface area (Å²) in [5.41, 5.74) is 0.189. The van der Waals surface area contributed by atoms with E-state index in [-0.39, 0.29) is 16.6 Å². The van der Waals surface area contributed by atoms with Gasteiger partial charge in [0, 0.05) is 61.1 Å². The Morgan fingerprint density at radius 3 is 2.33 bits per heavy atom. The molecular weight excluding hydrogens is 467 g/mol. The van der Waals surface area contributed by atoms with E-state index in [9.17, 15) is 18.0 Å². The van der Waals surface area contributed by atoms with Gasteiger partial charge < -0.3 is 9.88 Å². The summed E-state index contributed by atoms with van der Waals surface area (Å²) < 4.78 is 44.2. The number of H-pyrrole nitrogens is 1. The number of fused-ring (bicyclic) bond motifs is 1. The lowest BCUT2D eigenvalue weighted by atomic mass is 10.0. The summed E-state index contributed by atoms with van der Waals surface area (Å²) in [5, 5.41) is 0.530. The van der Waals surface area contributed by atoms with E-state index >= 15 is 0 Å². The minimum atomic E-state index is -1.22.